The van der Waals surface area contributed by atoms with Gasteiger partial charge in [-0.15, -0.1) is 0 Å². The Hall–Kier alpha value is -3.12. The van der Waals surface area contributed by atoms with E-state index >= 15 is 0 Å². The predicted octanol–water partition coefficient (Wildman–Crippen LogP) is 4.58. The van der Waals surface area contributed by atoms with Gasteiger partial charge in [0.15, 0.2) is 9.84 Å². The zero-order chi connectivity index (χ0) is 23.3. The van der Waals surface area contributed by atoms with Crippen LogP contribution in [0.3, 0.4) is 0 Å². The second-order valence-corrected chi connectivity index (χ2v) is 10.4. The van der Waals surface area contributed by atoms with Crippen molar-refractivity contribution in [2.24, 2.45) is 0 Å². The Labute approximate surface area is 196 Å². The Morgan fingerprint density at radius 1 is 0.818 bits per heavy atom. The second kappa shape index (κ2) is 10.2. The Morgan fingerprint density at radius 2 is 1.48 bits per heavy atom. The Balaban J connectivity index is 1.47. The fraction of sp³-hybridized carbons (Fsp3) is 0.296. The molecule has 33 heavy (non-hydrogen) atoms. The van der Waals surface area contributed by atoms with E-state index in [2.05, 4.69) is 24.0 Å². The minimum absolute atomic E-state index is 0.0590. The van der Waals surface area contributed by atoms with Crippen LogP contribution in [-0.4, -0.2) is 45.4 Å². The van der Waals surface area contributed by atoms with Crippen molar-refractivity contribution in [3.63, 3.8) is 0 Å². The molecule has 1 amide bonds. The van der Waals surface area contributed by atoms with Crippen LogP contribution in [0.25, 0.3) is 0 Å². The molecule has 0 aromatic heterocycles. The van der Waals surface area contributed by atoms with E-state index in [1.54, 1.807) is 18.2 Å². The molecule has 0 aliphatic carbocycles. The quantitative estimate of drug-likeness (QED) is 0.516. The summed E-state index contributed by atoms with van der Waals surface area (Å²) >= 11 is 0. The molecule has 1 heterocycles. The van der Waals surface area contributed by atoms with Gasteiger partial charge in [0.25, 0.3) is 5.91 Å². The first-order valence-electron chi connectivity index (χ1n) is 11.5. The number of rotatable bonds is 7. The molecule has 5 nitrogen and oxygen atoms in total. The number of hydrogen-bond donors (Lipinski definition) is 0. The largest absolute Gasteiger partial charge is 0.368 e. The standard InChI is InChI=1S/C27H30N2O3S/c1-2-9-22-10-6-7-11-24(22)21-33(31,32)26-15-8-12-23(20-26)27(30)29-18-16-28(17-19-29)25-13-4-3-5-14-25/h3-8,10-15,20H,2,9,16-19,21H2,1H3. The van der Waals surface area contributed by atoms with Crippen LogP contribution in [0.1, 0.15) is 34.8 Å². The molecule has 4 rings (SSSR count). The molecule has 1 fully saturated rings. The first-order valence-corrected chi connectivity index (χ1v) is 13.1. The summed E-state index contributed by atoms with van der Waals surface area (Å²) in [7, 11) is -3.56. The summed E-state index contributed by atoms with van der Waals surface area (Å²) in [6, 6.07) is 24.3. The SMILES string of the molecule is CCCc1ccccc1CS(=O)(=O)c1cccc(C(=O)N2CCN(c3ccccc3)CC2)c1. The third-order valence-electron chi connectivity index (χ3n) is 6.11. The van der Waals surface area contributed by atoms with Gasteiger partial charge < -0.3 is 9.80 Å². The summed E-state index contributed by atoms with van der Waals surface area (Å²) in [5.74, 6) is -0.178. The van der Waals surface area contributed by atoms with Crippen molar-refractivity contribution in [2.45, 2.75) is 30.4 Å². The molecule has 0 saturated carbocycles. The molecule has 0 N–H and O–H groups in total. The highest BCUT2D eigenvalue weighted by Gasteiger charge is 2.24. The number of benzene rings is 3. The molecular formula is C27H30N2O3S. The maximum Gasteiger partial charge on any atom is 0.254 e. The summed E-state index contributed by atoms with van der Waals surface area (Å²) in [5.41, 5.74) is 3.47. The number of nitrogens with zero attached hydrogens (tertiary/aromatic N) is 2. The molecule has 0 unspecified atom stereocenters. The number of amides is 1. The lowest BCUT2D eigenvalue weighted by Crippen LogP contribution is -2.48. The zero-order valence-electron chi connectivity index (χ0n) is 19.0. The van der Waals surface area contributed by atoms with Crippen LogP contribution in [0.4, 0.5) is 5.69 Å². The van der Waals surface area contributed by atoms with Crippen molar-refractivity contribution in [1.82, 2.24) is 4.90 Å². The van der Waals surface area contributed by atoms with Crippen molar-refractivity contribution in [3.05, 3.63) is 95.6 Å². The fourth-order valence-corrected chi connectivity index (χ4v) is 5.76. The summed E-state index contributed by atoms with van der Waals surface area (Å²) in [6.45, 7) is 4.80. The molecule has 6 heteroatoms. The molecule has 1 aliphatic heterocycles. The number of carbonyl (C=O) groups is 1. The summed E-state index contributed by atoms with van der Waals surface area (Å²) < 4.78 is 26.4. The van der Waals surface area contributed by atoms with E-state index in [-0.39, 0.29) is 16.6 Å². The maximum atomic E-state index is 13.2. The molecule has 0 spiro atoms. The minimum Gasteiger partial charge on any atom is -0.368 e. The van der Waals surface area contributed by atoms with Gasteiger partial charge in [-0.1, -0.05) is 61.9 Å². The molecule has 3 aromatic rings. The summed E-state index contributed by atoms with van der Waals surface area (Å²) in [4.78, 5) is 17.4. The van der Waals surface area contributed by atoms with Crippen molar-refractivity contribution in [1.29, 1.82) is 0 Å². The van der Waals surface area contributed by atoms with Crippen LogP contribution in [-0.2, 0) is 22.0 Å². The topological polar surface area (TPSA) is 57.7 Å². The number of piperazine rings is 1. The lowest BCUT2D eigenvalue weighted by molar-refractivity contribution is 0.0746. The maximum absolute atomic E-state index is 13.2. The summed E-state index contributed by atoms with van der Waals surface area (Å²) in [5, 5.41) is 0. The summed E-state index contributed by atoms with van der Waals surface area (Å²) in [6.07, 6.45) is 1.80. The number of para-hydroxylation sites is 1. The van der Waals surface area contributed by atoms with Gasteiger partial charge in [0.2, 0.25) is 0 Å². The number of hydrogen-bond acceptors (Lipinski definition) is 4. The average Bonchev–Trinajstić information content (AvgIpc) is 2.85. The molecule has 0 atom stereocenters. The van der Waals surface area contributed by atoms with Crippen molar-refractivity contribution < 1.29 is 13.2 Å². The molecule has 3 aromatic carbocycles. The first kappa shape index (κ1) is 23.1. The van der Waals surface area contributed by atoms with Gasteiger partial charge in [-0.3, -0.25) is 4.79 Å². The molecule has 0 radical (unpaired) electrons. The smallest absolute Gasteiger partial charge is 0.254 e. The van der Waals surface area contributed by atoms with Gasteiger partial charge in [-0.05, 0) is 47.9 Å². The highest BCUT2D eigenvalue weighted by molar-refractivity contribution is 7.90. The highest BCUT2D eigenvalue weighted by atomic mass is 32.2. The van der Waals surface area contributed by atoms with Gasteiger partial charge in [0, 0.05) is 37.4 Å². The number of aryl methyl sites for hydroxylation is 1. The molecule has 0 bridgehead atoms. The Kier molecular flexibility index (Phi) is 7.14. The van der Waals surface area contributed by atoms with Crippen molar-refractivity contribution in [3.8, 4) is 0 Å². The highest BCUT2D eigenvalue weighted by Crippen LogP contribution is 2.22. The van der Waals surface area contributed by atoms with Crippen LogP contribution < -0.4 is 4.90 Å². The van der Waals surface area contributed by atoms with E-state index < -0.39 is 9.84 Å². The van der Waals surface area contributed by atoms with Crippen molar-refractivity contribution >= 4 is 21.4 Å². The van der Waals surface area contributed by atoms with E-state index in [4.69, 9.17) is 0 Å². The fourth-order valence-electron chi connectivity index (χ4n) is 4.31. The van der Waals surface area contributed by atoms with Crippen LogP contribution >= 0.6 is 0 Å². The van der Waals surface area contributed by atoms with E-state index in [9.17, 15) is 13.2 Å². The average molecular weight is 463 g/mol. The van der Waals surface area contributed by atoms with Gasteiger partial charge in [-0.2, -0.15) is 0 Å². The lowest BCUT2D eigenvalue weighted by atomic mass is 10.0. The van der Waals surface area contributed by atoms with Crippen LogP contribution in [0.15, 0.2) is 83.8 Å². The predicted molar refractivity (Wildman–Crippen MR) is 132 cm³/mol. The Morgan fingerprint density at radius 3 is 2.18 bits per heavy atom. The third-order valence-corrected chi connectivity index (χ3v) is 7.77. The molecule has 1 aliphatic rings. The van der Waals surface area contributed by atoms with E-state index in [1.165, 1.54) is 6.07 Å². The first-order chi connectivity index (χ1) is 16.0. The van der Waals surface area contributed by atoms with E-state index in [0.29, 0.717) is 18.7 Å². The van der Waals surface area contributed by atoms with Gasteiger partial charge >= 0.3 is 0 Å². The molecule has 1 saturated heterocycles. The Bertz CT molecular complexity index is 1200. The number of sulfone groups is 1. The number of carbonyl (C=O) groups excluding carboxylic acids is 1. The van der Waals surface area contributed by atoms with Gasteiger partial charge in [0.05, 0.1) is 10.6 Å². The lowest BCUT2D eigenvalue weighted by Gasteiger charge is -2.36. The van der Waals surface area contributed by atoms with E-state index in [1.807, 2.05) is 47.4 Å². The van der Waals surface area contributed by atoms with Gasteiger partial charge in [0.1, 0.15) is 0 Å². The van der Waals surface area contributed by atoms with Crippen LogP contribution in [0.2, 0.25) is 0 Å². The second-order valence-electron chi connectivity index (χ2n) is 8.42. The molecular weight excluding hydrogens is 432 g/mol. The number of anilines is 1. The monoisotopic (exact) mass is 462 g/mol. The minimum atomic E-state index is -3.56. The van der Waals surface area contributed by atoms with E-state index in [0.717, 1.165) is 42.7 Å². The van der Waals surface area contributed by atoms with Crippen LogP contribution in [0, 0.1) is 0 Å². The molecule has 172 valence electrons. The third kappa shape index (κ3) is 5.45. The van der Waals surface area contributed by atoms with Crippen molar-refractivity contribution in [2.75, 3.05) is 31.1 Å². The normalized spacial score (nSPS) is 14.3. The van der Waals surface area contributed by atoms with Crippen LogP contribution in [0.5, 0.6) is 0 Å². The van der Waals surface area contributed by atoms with Gasteiger partial charge in [-0.25, -0.2) is 8.42 Å². The zero-order valence-corrected chi connectivity index (χ0v) is 19.8.